The summed E-state index contributed by atoms with van der Waals surface area (Å²) in [6.45, 7) is 6.09. The molecular weight excluding hydrogens is 348 g/mol. The first kappa shape index (κ1) is 18.4. The maximum absolute atomic E-state index is 12.4. The average Bonchev–Trinajstić information content (AvgIpc) is 3.05. The summed E-state index contributed by atoms with van der Waals surface area (Å²) in [6.07, 6.45) is 2.36. The van der Waals surface area contributed by atoms with E-state index in [0.29, 0.717) is 13.0 Å². The first-order valence-corrected chi connectivity index (χ1v) is 8.61. The highest BCUT2D eigenvalue weighted by molar-refractivity contribution is 6.14. The Hall–Kier alpha value is -3.42. The van der Waals surface area contributed by atoms with Gasteiger partial charge in [0.15, 0.2) is 0 Å². The van der Waals surface area contributed by atoms with Crippen molar-refractivity contribution in [3.05, 3.63) is 63.1 Å². The lowest BCUT2D eigenvalue weighted by Gasteiger charge is -2.09. The van der Waals surface area contributed by atoms with Gasteiger partial charge < -0.3 is 9.88 Å². The van der Waals surface area contributed by atoms with Crippen molar-refractivity contribution in [3.63, 3.8) is 0 Å². The second-order valence-corrected chi connectivity index (χ2v) is 6.38. The molecule has 3 rings (SSSR count). The van der Waals surface area contributed by atoms with Crippen LogP contribution in [0.3, 0.4) is 0 Å². The van der Waals surface area contributed by atoms with Crippen LogP contribution in [0.2, 0.25) is 0 Å². The summed E-state index contributed by atoms with van der Waals surface area (Å²) >= 11 is 0. The molecule has 1 aromatic heterocycles. The summed E-state index contributed by atoms with van der Waals surface area (Å²) in [5.74, 6) is -0.331. The van der Waals surface area contributed by atoms with Gasteiger partial charge in [-0.25, -0.2) is 4.79 Å². The predicted molar refractivity (Wildman–Crippen MR) is 100 cm³/mol. The quantitative estimate of drug-likeness (QED) is 0.379. The van der Waals surface area contributed by atoms with Gasteiger partial charge in [-0.3, -0.25) is 19.8 Å². The number of amides is 3. The standard InChI is InChI=1S/C19H20N4O4/c1-4-9-21-18(24)17(20-19(21)25)11-14-10-12(2)22(13(14)3)15-5-7-16(8-6-15)23(26)27/h5-8,10-11H,4,9H2,1-3H3,(H,20,25)/b17-11-. The smallest absolute Gasteiger partial charge is 0.318 e. The van der Waals surface area contributed by atoms with Crippen LogP contribution in [0.15, 0.2) is 36.0 Å². The normalized spacial score (nSPS) is 15.5. The molecule has 1 aliphatic rings. The monoisotopic (exact) mass is 368 g/mol. The van der Waals surface area contributed by atoms with Gasteiger partial charge in [0, 0.05) is 35.8 Å². The molecule has 3 amide bonds. The van der Waals surface area contributed by atoms with Crippen LogP contribution in [0.4, 0.5) is 10.5 Å². The molecule has 1 aliphatic heterocycles. The number of rotatable bonds is 5. The third-order valence-electron chi connectivity index (χ3n) is 4.50. The van der Waals surface area contributed by atoms with E-state index >= 15 is 0 Å². The van der Waals surface area contributed by atoms with Gasteiger partial charge in [-0.2, -0.15) is 0 Å². The van der Waals surface area contributed by atoms with Crippen molar-refractivity contribution in [2.24, 2.45) is 0 Å². The van der Waals surface area contributed by atoms with Gasteiger partial charge in [0.05, 0.1) is 4.92 Å². The van der Waals surface area contributed by atoms with Crippen molar-refractivity contribution in [1.29, 1.82) is 0 Å². The second kappa shape index (κ2) is 7.06. The number of carbonyl (C=O) groups excluding carboxylic acids is 2. The summed E-state index contributed by atoms with van der Waals surface area (Å²) in [4.78, 5) is 35.9. The summed E-state index contributed by atoms with van der Waals surface area (Å²) in [5, 5.41) is 13.4. The van der Waals surface area contributed by atoms with Gasteiger partial charge in [-0.05, 0) is 50.1 Å². The molecule has 1 aromatic carbocycles. The van der Waals surface area contributed by atoms with Crippen molar-refractivity contribution < 1.29 is 14.5 Å². The van der Waals surface area contributed by atoms with E-state index in [2.05, 4.69) is 5.32 Å². The Kier molecular flexibility index (Phi) is 4.81. The Bertz CT molecular complexity index is 957. The molecule has 1 fully saturated rings. The highest BCUT2D eigenvalue weighted by atomic mass is 16.6. The number of aryl methyl sites for hydroxylation is 1. The molecule has 0 atom stereocenters. The number of benzene rings is 1. The van der Waals surface area contributed by atoms with Crippen molar-refractivity contribution in [1.82, 2.24) is 14.8 Å². The summed E-state index contributed by atoms with van der Waals surface area (Å²) in [5.41, 5.74) is 3.64. The molecule has 0 aliphatic carbocycles. The number of aromatic nitrogens is 1. The van der Waals surface area contributed by atoms with Crippen LogP contribution in [0, 0.1) is 24.0 Å². The molecule has 140 valence electrons. The minimum Gasteiger partial charge on any atom is -0.318 e. The number of nitro benzene ring substituents is 1. The SMILES string of the molecule is CCCN1C(=O)N/C(=C\c2cc(C)n(-c3ccc([N+](=O)[O-])cc3)c2C)C1=O. The second-order valence-electron chi connectivity index (χ2n) is 6.38. The zero-order valence-corrected chi connectivity index (χ0v) is 15.4. The lowest BCUT2D eigenvalue weighted by Crippen LogP contribution is -2.31. The minimum atomic E-state index is -0.439. The van der Waals surface area contributed by atoms with Crippen molar-refractivity contribution in [3.8, 4) is 5.69 Å². The number of hydrogen-bond donors (Lipinski definition) is 1. The van der Waals surface area contributed by atoms with E-state index in [1.54, 1.807) is 18.2 Å². The van der Waals surface area contributed by atoms with E-state index in [-0.39, 0.29) is 17.3 Å². The van der Waals surface area contributed by atoms with Crippen LogP contribution in [-0.2, 0) is 4.79 Å². The van der Waals surface area contributed by atoms with Crippen LogP contribution in [0.1, 0.15) is 30.3 Å². The van der Waals surface area contributed by atoms with Crippen LogP contribution in [0.5, 0.6) is 0 Å². The lowest BCUT2D eigenvalue weighted by molar-refractivity contribution is -0.384. The molecule has 1 saturated heterocycles. The van der Waals surface area contributed by atoms with Gasteiger partial charge in [0.1, 0.15) is 5.70 Å². The number of urea groups is 1. The molecular formula is C19H20N4O4. The summed E-state index contributed by atoms with van der Waals surface area (Å²) in [6, 6.07) is 7.77. The largest absolute Gasteiger partial charge is 0.329 e. The molecule has 8 nitrogen and oxygen atoms in total. The van der Waals surface area contributed by atoms with E-state index in [4.69, 9.17) is 0 Å². The van der Waals surface area contributed by atoms with Crippen molar-refractivity contribution in [2.75, 3.05) is 6.54 Å². The van der Waals surface area contributed by atoms with Gasteiger partial charge in [-0.15, -0.1) is 0 Å². The highest BCUT2D eigenvalue weighted by Crippen LogP contribution is 2.25. The molecule has 0 bridgehead atoms. The Morgan fingerprint density at radius 2 is 1.85 bits per heavy atom. The topological polar surface area (TPSA) is 97.5 Å². The number of nitro groups is 1. The fraction of sp³-hybridized carbons (Fsp3) is 0.263. The number of nitrogens with zero attached hydrogens (tertiary/aromatic N) is 3. The third-order valence-corrected chi connectivity index (χ3v) is 4.50. The van der Waals surface area contributed by atoms with Crippen molar-refractivity contribution in [2.45, 2.75) is 27.2 Å². The summed E-state index contributed by atoms with van der Waals surface area (Å²) < 4.78 is 1.95. The maximum Gasteiger partial charge on any atom is 0.329 e. The number of carbonyl (C=O) groups is 2. The molecule has 0 unspecified atom stereocenters. The number of non-ortho nitro benzene ring substituents is 1. The number of imide groups is 1. The zero-order valence-electron chi connectivity index (χ0n) is 15.4. The summed E-state index contributed by atoms with van der Waals surface area (Å²) in [7, 11) is 0. The Morgan fingerprint density at radius 3 is 2.44 bits per heavy atom. The Balaban J connectivity index is 1.96. The van der Waals surface area contributed by atoms with Gasteiger partial charge in [0.25, 0.3) is 11.6 Å². The Labute approximate surface area is 156 Å². The molecule has 0 saturated carbocycles. The average molecular weight is 368 g/mol. The molecule has 2 heterocycles. The maximum atomic E-state index is 12.4. The molecule has 27 heavy (non-hydrogen) atoms. The predicted octanol–water partition coefficient (Wildman–Crippen LogP) is 3.31. The van der Waals surface area contributed by atoms with E-state index in [1.165, 1.54) is 17.0 Å². The molecule has 1 N–H and O–H groups in total. The number of nitrogens with one attached hydrogen (secondary N) is 1. The van der Waals surface area contributed by atoms with E-state index in [0.717, 1.165) is 22.6 Å². The van der Waals surface area contributed by atoms with Crippen LogP contribution >= 0.6 is 0 Å². The lowest BCUT2D eigenvalue weighted by atomic mass is 10.2. The minimum absolute atomic E-state index is 0.0267. The highest BCUT2D eigenvalue weighted by Gasteiger charge is 2.32. The van der Waals surface area contributed by atoms with Crippen LogP contribution < -0.4 is 5.32 Å². The third kappa shape index (κ3) is 3.33. The van der Waals surface area contributed by atoms with E-state index in [1.807, 2.05) is 31.4 Å². The van der Waals surface area contributed by atoms with E-state index < -0.39 is 11.0 Å². The van der Waals surface area contributed by atoms with Crippen LogP contribution in [0.25, 0.3) is 11.8 Å². The van der Waals surface area contributed by atoms with Crippen LogP contribution in [-0.4, -0.2) is 32.9 Å². The molecule has 0 radical (unpaired) electrons. The molecule has 2 aromatic rings. The molecule has 0 spiro atoms. The fourth-order valence-electron chi connectivity index (χ4n) is 3.21. The fourth-order valence-corrected chi connectivity index (χ4v) is 3.21. The van der Waals surface area contributed by atoms with E-state index in [9.17, 15) is 19.7 Å². The van der Waals surface area contributed by atoms with Gasteiger partial charge in [0.2, 0.25) is 0 Å². The van der Waals surface area contributed by atoms with Crippen molar-refractivity contribution >= 4 is 23.7 Å². The van der Waals surface area contributed by atoms with Gasteiger partial charge in [-0.1, -0.05) is 6.92 Å². The number of hydrogen-bond acceptors (Lipinski definition) is 4. The first-order valence-electron chi connectivity index (χ1n) is 8.61. The first-order chi connectivity index (χ1) is 12.8. The Morgan fingerprint density at radius 1 is 1.19 bits per heavy atom. The van der Waals surface area contributed by atoms with Gasteiger partial charge >= 0.3 is 6.03 Å². The molecule has 8 heteroatoms. The zero-order chi connectivity index (χ0) is 19.7.